The van der Waals surface area contributed by atoms with Gasteiger partial charge in [-0.3, -0.25) is 0 Å². The molecule has 2 aromatic rings. The number of carbonyl (C=O) groups is 1. The zero-order valence-corrected chi connectivity index (χ0v) is 13.5. The number of hydrogen-bond acceptors (Lipinski definition) is 4. The summed E-state index contributed by atoms with van der Waals surface area (Å²) in [5.41, 5.74) is 2.25. The molecule has 1 atom stereocenters. The fourth-order valence-corrected chi connectivity index (χ4v) is 2.23. The summed E-state index contributed by atoms with van der Waals surface area (Å²) in [6, 6.07) is 11.0. The lowest BCUT2D eigenvalue weighted by Gasteiger charge is -2.15. The highest BCUT2D eigenvalue weighted by molar-refractivity contribution is 5.73. The molecule has 0 radical (unpaired) electrons. The van der Waals surface area contributed by atoms with E-state index in [1.54, 1.807) is 12.1 Å². The van der Waals surface area contributed by atoms with E-state index in [-0.39, 0.29) is 12.6 Å². The number of nitrogens with one attached hydrogen (secondary N) is 2. The number of aliphatic hydroxyl groups is 1. The van der Waals surface area contributed by atoms with Crippen LogP contribution in [0, 0.1) is 0 Å². The third-order valence-corrected chi connectivity index (χ3v) is 3.37. The number of benzene rings is 1. The van der Waals surface area contributed by atoms with Crippen molar-refractivity contribution in [2.24, 2.45) is 0 Å². The predicted molar refractivity (Wildman–Crippen MR) is 87.7 cm³/mol. The van der Waals surface area contributed by atoms with E-state index in [2.05, 4.69) is 21.6 Å². The summed E-state index contributed by atoms with van der Waals surface area (Å²) in [6.07, 6.45) is 0.636. The summed E-state index contributed by atoms with van der Waals surface area (Å²) < 4.78 is 5.08. The molecule has 0 aliphatic heterocycles. The van der Waals surface area contributed by atoms with Crippen LogP contribution in [-0.2, 0) is 13.1 Å². The van der Waals surface area contributed by atoms with Gasteiger partial charge in [0.05, 0.1) is 12.8 Å². The molecule has 1 unspecified atom stereocenters. The van der Waals surface area contributed by atoms with Crippen LogP contribution in [0.4, 0.5) is 4.79 Å². The number of urea groups is 1. The minimum absolute atomic E-state index is 0.0959. The Balaban J connectivity index is 1.80. The SMILES string of the molecule is CN(C)Cc1ccccc1CNC(=O)NCC(O)c1ccco1. The van der Waals surface area contributed by atoms with E-state index in [0.29, 0.717) is 12.3 Å². The number of rotatable bonds is 7. The topological polar surface area (TPSA) is 77.7 Å². The summed E-state index contributed by atoms with van der Waals surface area (Å²) in [4.78, 5) is 13.9. The van der Waals surface area contributed by atoms with Crippen molar-refractivity contribution >= 4 is 6.03 Å². The molecule has 2 amide bonds. The normalized spacial score (nSPS) is 12.2. The third kappa shape index (κ3) is 5.43. The van der Waals surface area contributed by atoms with Crippen LogP contribution in [0.5, 0.6) is 0 Å². The summed E-state index contributed by atoms with van der Waals surface area (Å²) >= 11 is 0. The number of nitrogens with zero attached hydrogens (tertiary/aromatic N) is 1. The summed E-state index contributed by atoms with van der Waals surface area (Å²) in [5, 5.41) is 15.3. The quantitative estimate of drug-likeness (QED) is 0.728. The van der Waals surface area contributed by atoms with E-state index < -0.39 is 6.10 Å². The molecule has 1 aromatic carbocycles. The van der Waals surface area contributed by atoms with Gasteiger partial charge in [0.2, 0.25) is 0 Å². The largest absolute Gasteiger partial charge is 0.467 e. The molecule has 124 valence electrons. The number of aliphatic hydroxyl groups excluding tert-OH is 1. The van der Waals surface area contributed by atoms with E-state index in [0.717, 1.165) is 12.1 Å². The second-order valence-corrected chi connectivity index (χ2v) is 5.60. The standard InChI is InChI=1S/C17H23N3O3/c1-20(2)12-14-7-4-3-6-13(14)10-18-17(22)19-11-15(21)16-8-5-9-23-16/h3-9,15,21H,10-12H2,1-2H3,(H2,18,19,22). The zero-order valence-electron chi connectivity index (χ0n) is 13.5. The molecular formula is C17H23N3O3. The molecule has 6 nitrogen and oxygen atoms in total. The lowest BCUT2D eigenvalue weighted by molar-refractivity contribution is 0.148. The monoisotopic (exact) mass is 317 g/mol. The number of hydrogen-bond donors (Lipinski definition) is 3. The molecule has 0 spiro atoms. The van der Waals surface area contributed by atoms with Gasteiger partial charge in [-0.1, -0.05) is 24.3 Å². The Morgan fingerprint density at radius 1 is 1.17 bits per heavy atom. The minimum atomic E-state index is -0.850. The second-order valence-electron chi connectivity index (χ2n) is 5.60. The van der Waals surface area contributed by atoms with Gasteiger partial charge in [0.25, 0.3) is 0 Å². The molecule has 1 heterocycles. The van der Waals surface area contributed by atoms with Crippen molar-refractivity contribution < 1.29 is 14.3 Å². The lowest BCUT2D eigenvalue weighted by Crippen LogP contribution is -2.37. The second kappa shape index (κ2) is 8.36. The maximum absolute atomic E-state index is 11.8. The average molecular weight is 317 g/mol. The van der Waals surface area contributed by atoms with Crippen LogP contribution in [0.1, 0.15) is 23.0 Å². The van der Waals surface area contributed by atoms with Crippen LogP contribution in [0.2, 0.25) is 0 Å². The molecule has 3 N–H and O–H groups in total. The van der Waals surface area contributed by atoms with Gasteiger partial charge in [-0.2, -0.15) is 0 Å². The fraction of sp³-hybridized carbons (Fsp3) is 0.353. The van der Waals surface area contributed by atoms with Gasteiger partial charge in [-0.05, 0) is 37.4 Å². The Kier molecular flexibility index (Phi) is 6.19. The third-order valence-electron chi connectivity index (χ3n) is 3.37. The first-order chi connectivity index (χ1) is 11.1. The first-order valence-corrected chi connectivity index (χ1v) is 7.51. The van der Waals surface area contributed by atoms with Crippen LogP contribution in [-0.4, -0.2) is 36.7 Å². The maximum atomic E-state index is 11.8. The van der Waals surface area contributed by atoms with Crippen molar-refractivity contribution in [2.45, 2.75) is 19.2 Å². The van der Waals surface area contributed by atoms with Crippen LogP contribution in [0.3, 0.4) is 0 Å². The first kappa shape index (κ1) is 17.1. The molecule has 2 rings (SSSR count). The summed E-state index contributed by atoms with van der Waals surface area (Å²) in [6.45, 7) is 1.35. The molecule has 1 aromatic heterocycles. The Labute approximate surface area is 136 Å². The number of furan rings is 1. The summed E-state index contributed by atoms with van der Waals surface area (Å²) in [7, 11) is 4.01. The number of carbonyl (C=O) groups excluding carboxylic acids is 1. The molecule has 6 heteroatoms. The van der Waals surface area contributed by atoms with E-state index in [1.807, 2.05) is 32.3 Å². The highest BCUT2D eigenvalue weighted by Crippen LogP contribution is 2.12. The van der Waals surface area contributed by atoms with E-state index in [1.165, 1.54) is 11.8 Å². The van der Waals surface area contributed by atoms with E-state index in [9.17, 15) is 9.90 Å². The van der Waals surface area contributed by atoms with E-state index in [4.69, 9.17) is 4.42 Å². The van der Waals surface area contributed by atoms with Gasteiger partial charge >= 0.3 is 6.03 Å². The van der Waals surface area contributed by atoms with Crippen LogP contribution in [0.15, 0.2) is 47.1 Å². The van der Waals surface area contributed by atoms with E-state index >= 15 is 0 Å². The molecule has 0 aliphatic carbocycles. The highest BCUT2D eigenvalue weighted by atomic mass is 16.4. The minimum Gasteiger partial charge on any atom is -0.467 e. The molecule has 0 saturated heterocycles. The molecule has 23 heavy (non-hydrogen) atoms. The van der Waals surface area contributed by atoms with Gasteiger partial charge in [0, 0.05) is 13.1 Å². The van der Waals surface area contributed by atoms with Gasteiger partial charge < -0.3 is 25.1 Å². The molecular weight excluding hydrogens is 294 g/mol. The zero-order chi connectivity index (χ0) is 16.7. The van der Waals surface area contributed by atoms with Gasteiger partial charge in [-0.15, -0.1) is 0 Å². The Morgan fingerprint density at radius 3 is 2.57 bits per heavy atom. The first-order valence-electron chi connectivity index (χ1n) is 7.51. The lowest BCUT2D eigenvalue weighted by atomic mass is 10.1. The van der Waals surface area contributed by atoms with Crippen molar-refractivity contribution in [1.82, 2.24) is 15.5 Å². The summed E-state index contributed by atoms with van der Waals surface area (Å²) in [5.74, 6) is 0.432. The van der Waals surface area contributed by atoms with Crippen molar-refractivity contribution in [3.63, 3.8) is 0 Å². The Bertz CT molecular complexity index is 611. The van der Waals surface area contributed by atoms with Crippen molar-refractivity contribution in [2.75, 3.05) is 20.6 Å². The average Bonchev–Trinajstić information content (AvgIpc) is 3.05. The molecule has 0 fully saturated rings. The van der Waals surface area contributed by atoms with Gasteiger partial charge in [-0.25, -0.2) is 4.79 Å². The number of amides is 2. The smallest absolute Gasteiger partial charge is 0.315 e. The molecule has 0 aliphatic rings. The van der Waals surface area contributed by atoms with Gasteiger partial charge in [0.1, 0.15) is 11.9 Å². The van der Waals surface area contributed by atoms with Crippen LogP contribution < -0.4 is 10.6 Å². The van der Waals surface area contributed by atoms with Crippen molar-refractivity contribution in [3.8, 4) is 0 Å². The Morgan fingerprint density at radius 2 is 1.91 bits per heavy atom. The molecule has 0 bridgehead atoms. The predicted octanol–water partition coefficient (Wildman–Crippen LogP) is 1.87. The molecule has 0 saturated carbocycles. The maximum Gasteiger partial charge on any atom is 0.315 e. The van der Waals surface area contributed by atoms with Crippen molar-refractivity contribution in [3.05, 3.63) is 59.5 Å². The Hall–Kier alpha value is -2.31. The van der Waals surface area contributed by atoms with Crippen LogP contribution >= 0.6 is 0 Å². The highest BCUT2D eigenvalue weighted by Gasteiger charge is 2.12. The van der Waals surface area contributed by atoms with Crippen LogP contribution in [0.25, 0.3) is 0 Å². The van der Waals surface area contributed by atoms with Gasteiger partial charge in [0.15, 0.2) is 0 Å². The fourth-order valence-electron chi connectivity index (χ4n) is 2.23. The van der Waals surface area contributed by atoms with Crippen molar-refractivity contribution in [1.29, 1.82) is 0 Å².